The molecule has 1 amide bonds. The number of carbonyl (C=O) groups is 2. The molecule has 5 rings (SSSR count). The van der Waals surface area contributed by atoms with Gasteiger partial charge in [0.1, 0.15) is 0 Å². The Labute approximate surface area is 195 Å². The number of rotatable bonds is 4. The van der Waals surface area contributed by atoms with Crippen LogP contribution in [-0.4, -0.2) is 33.6 Å². The molecular weight excluding hydrogens is 440 g/mol. The minimum Gasteiger partial charge on any atom is -0.478 e. The van der Waals surface area contributed by atoms with E-state index in [4.69, 9.17) is 16.7 Å². The molecule has 1 aliphatic rings. The average Bonchev–Trinajstić information content (AvgIpc) is 3.20. The number of anilines is 4. The van der Waals surface area contributed by atoms with Crippen LogP contribution >= 0.6 is 11.6 Å². The minimum atomic E-state index is -0.982. The second-order valence-electron chi connectivity index (χ2n) is 7.71. The molecule has 0 unspecified atom stereocenters. The van der Waals surface area contributed by atoms with Crippen LogP contribution in [0.4, 0.5) is 22.9 Å². The molecule has 0 saturated heterocycles. The number of aromatic carboxylic acids is 1. The SMILES string of the molecule is CN1c2ccc(Cl)cc2N(c2ccccc2)C(=O)c2c1ncn2Cc1ccc(C(=O)O)cc1. The molecule has 2 heterocycles. The fourth-order valence-corrected chi connectivity index (χ4v) is 4.19. The van der Waals surface area contributed by atoms with E-state index in [0.717, 1.165) is 11.3 Å². The topological polar surface area (TPSA) is 78.7 Å². The van der Waals surface area contributed by atoms with E-state index in [0.29, 0.717) is 34.5 Å². The number of nitrogens with zero attached hydrogens (tertiary/aromatic N) is 4. The summed E-state index contributed by atoms with van der Waals surface area (Å²) in [4.78, 5) is 33.2. The van der Waals surface area contributed by atoms with Gasteiger partial charge in [0.25, 0.3) is 5.91 Å². The molecule has 1 aromatic heterocycles. The molecular formula is C25H19ClN4O3. The predicted molar refractivity (Wildman–Crippen MR) is 127 cm³/mol. The van der Waals surface area contributed by atoms with Crippen molar-refractivity contribution in [2.24, 2.45) is 0 Å². The van der Waals surface area contributed by atoms with Crippen molar-refractivity contribution >= 4 is 46.4 Å². The van der Waals surface area contributed by atoms with Crippen LogP contribution in [0.1, 0.15) is 26.4 Å². The number of carbonyl (C=O) groups excluding carboxylic acids is 1. The predicted octanol–water partition coefficient (Wildman–Crippen LogP) is 5.34. The highest BCUT2D eigenvalue weighted by molar-refractivity contribution is 6.31. The summed E-state index contributed by atoms with van der Waals surface area (Å²) in [5, 5.41) is 9.67. The van der Waals surface area contributed by atoms with Crippen LogP contribution in [0, 0.1) is 0 Å². The highest BCUT2D eigenvalue weighted by Crippen LogP contribution is 2.43. The van der Waals surface area contributed by atoms with E-state index in [2.05, 4.69) is 4.98 Å². The van der Waals surface area contributed by atoms with Gasteiger partial charge in [-0.2, -0.15) is 0 Å². The number of halogens is 1. The van der Waals surface area contributed by atoms with Crippen LogP contribution in [0.15, 0.2) is 79.1 Å². The number of benzene rings is 3. The smallest absolute Gasteiger partial charge is 0.335 e. The van der Waals surface area contributed by atoms with Crippen LogP contribution in [0.3, 0.4) is 0 Å². The molecule has 0 spiro atoms. The van der Waals surface area contributed by atoms with Gasteiger partial charge in [0.15, 0.2) is 11.5 Å². The minimum absolute atomic E-state index is 0.210. The van der Waals surface area contributed by atoms with E-state index in [9.17, 15) is 9.59 Å². The zero-order valence-electron chi connectivity index (χ0n) is 17.6. The molecule has 0 radical (unpaired) electrons. The van der Waals surface area contributed by atoms with Gasteiger partial charge in [0, 0.05) is 24.3 Å². The van der Waals surface area contributed by atoms with Crippen molar-refractivity contribution in [3.8, 4) is 0 Å². The zero-order valence-corrected chi connectivity index (χ0v) is 18.4. The monoisotopic (exact) mass is 458 g/mol. The summed E-state index contributed by atoms with van der Waals surface area (Å²) >= 11 is 6.32. The zero-order chi connectivity index (χ0) is 23.1. The van der Waals surface area contributed by atoms with Crippen molar-refractivity contribution in [3.63, 3.8) is 0 Å². The Morgan fingerprint density at radius 1 is 1.00 bits per heavy atom. The van der Waals surface area contributed by atoms with Crippen LogP contribution in [-0.2, 0) is 6.54 Å². The third-order valence-corrected chi connectivity index (χ3v) is 5.88. The van der Waals surface area contributed by atoms with Crippen molar-refractivity contribution < 1.29 is 14.7 Å². The maximum absolute atomic E-state index is 14.0. The van der Waals surface area contributed by atoms with E-state index in [1.54, 1.807) is 52.2 Å². The maximum Gasteiger partial charge on any atom is 0.335 e. The van der Waals surface area contributed by atoms with Gasteiger partial charge < -0.3 is 14.6 Å². The summed E-state index contributed by atoms with van der Waals surface area (Å²) < 4.78 is 1.79. The van der Waals surface area contributed by atoms with E-state index in [1.165, 1.54) is 0 Å². The van der Waals surface area contributed by atoms with E-state index in [1.807, 2.05) is 48.3 Å². The number of imidazole rings is 1. The summed E-state index contributed by atoms with van der Waals surface area (Å²) in [5.74, 6) is -0.683. The summed E-state index contributed by atoms with van der Waals surface area (Å²) in [6.07, 6.45) is 1.63. The first-order chi connectivity index (χ1) is 15.9. The van der Waals surface area contributed by atoms with Gasteiger partial charge in [0.2, 0.25) is 0 Å². The molecule has 1 N–H and O–H groups in total. The van der Waals surface area contributed by atoms with Crippen molar-refractivity contribution in [1.29, 1.82) is 0 Å². The van der Waals surface area contributed by atoms with Gasteiger partial charge in [-0.15, -0.1) is 0 Å². The molecule has 33 heavy (non-hydrogen) atoms. The lowest BCUT2D eigenvalue weighted by Crippen LogP contribution is -2.27. The Kier molecular flexibility index (Phi) is 5.11. The number of amides is 1. The first-order valence-corrected chi connectivity index (χ1v) is 10.6. The third-order valence-electron chi connectivity index (χ3n) is 5.65. The van der Waals surface area contributed by atoms with Crippen LogP contribution in [0.2, 0.25) is 5.02 Å². The van der Waals surface area contributed by atoms with Crippen molar-refractivity contribution in [2.75, 3.05) is 16.8 Å². The molecule has 0 aliphatic carbocycles. The molecule has 0 fully saturated rings. The fraction of sp³-hybridized carbons (Fsp3) is 0.0800. The van der Waals surface area contributed by atoms with Crippen LogP contribution in [0.25, 0.3) is 0 Å². The van der Waals surface area contributed by atoms with E-state index in [-0.39, 0.29) is 11.5 Å². The number of carboxylic acids is 1. The second-order valence-corrected chi connectivity index (χ2v) is 8.15. The normalized spacial score (nSPS) is 12.8. The summed E-state index contributed by atoms with van der Waals surface area (Å²) in [7, 11) is 1.87. The van der Waals surface area contributed by atoms with Gasteiger partial charge in [-0.05, 0) is 48.0 Å². The fourth-order valence-electron chi connectivity index (χ4n) is 4.03. The third kappa shape index (κ3) is 3.62. The number of hydrogen-bond acceptors (Lipinski definition) is 4. The van der Waals surface area contributed by atoms with Crippen LogP contribution < -0.4 is 9.80 Å². The largest absolute Gasteiger partial charge is 0.478 e. The van der Waals surface area contributed by atoms with Gasteiger partial charge in [-0.25, -0.2) is 9.78 Å². The molecule has 7 nitrogen and oxygen atoms in total. The highest BCUT2D eigenvalue weighted by atomic mass is 35.5. The lowest BCUT2D eigenvalue weighted by atomic mass is 10.1. The van der Waals surface area contributed by atoms with Gasteiger partial charge in [0.05, 0.1) is 23.3 Å². The number of fused-ring (bicyclic) bond motifs is 2. The summed E-state index contributed by atoms with van der Waals surface area (Å²) in [6, 6.07) is 21.4. The molecule has 0 bridgehead atoms. The molecule has 4 aromatic rings. The summed E-state index contributed by atoms with van der Waals surface area (Å²) in [6.45, 7) is 0.363. The first-order valence-electron chi connectivity index (χ1n) is 10.2. The highest BCUT2D eigenvalue weighted by Gasteiger charge is 2.34. The van der Waals surface area contributed by atoms with Gasteiger partial charge in [-0.1, -0.05) is 41.9 Å². The van der Waals surface area contributed by atoms with E-state index < -0.39 is 5.97 Å². The molecule has 164 valence electrons. The lowest BCUT2D eigenvalue weighted by Gasteiger charge is -2.25. The lowest BCUT2D eigenvalue weighted by molar-refractivity contribution is 0.0696. The van der Waals surface area contributed by atoms with Gasteiger partial charge >= 0.3 is 5.97 Å². The van der Waals surface area contributed by atoms with Crippen LogP contribution in [0.5, 0.6) is 0 Å². The first kappa shape index (κ1) is 20.8. The Morgan fingerprint density at radius 3 is 2.42 bits per heavy atom. The molecule has 0 saturated carbocycles. The van der Waals surface area contributed by atoms with Crippen molar-refractivity contribution in [2.45, 2.75) is 6.54 Å². The van der Waals surface area contributed by atoms with Crippen molar-refractivity contribution in [1.82, 2.24) is 9.55 Å². The molecule has 1 aliphatic heterocycles. The van der Waals surface area contributed by atoms with E-state index >= 15 is 0 Å². The number of carboxylic acid groups (broad SMARTS) is 1. The van der Waals surface area contributed by atoms with Crippen molar-refractivity contribution in [3.05, 3.63) is 101 Å². The molecule has 3 aromatic carbocycles. The quantitative estimate of drug-likeness (QED) is 0.446. The number of aromatic nitrogens is 2. The Hall–Kier alpha value is -4.10. The maximum atomic E-state index is 14.0. The number of hydrogen-bond donors (Lipinski definition) is 1. The Bertz CT molecular complexity index is 1370. The Morgan fingerprint density at radius 2 is 1.73 bits per heavy atom. The molecule has 8 heteroatoms. The average molecular weight is 459 g/mol. The molecule has 0 atom stereocenters. The second kappa shape index (κ2) is 8.11. The summed E-state index contributed by atoms with van der Waals surface area (Å²) in [5.41, 5.74) is 3.66. The standard InChI is InChI=1S/C25H19ClN4O3/c1-28-20-12-11-18(26)13-21(20)30(19-5-3-2-4-6-19)24(31)22-23(28)27-15-29(22)14-16-7-9-17(10-8-16)25(32)33/h2-13,15H,14H2,1H3,(H,32,33). The Balaban J connectivity index is 1.64. The number of para-hydroxylation sites is 1. The van der Waals surface area contributed by atoms with Gasteiger partial charge in [-0.3, -0.25) is 9.69 Å².